The number of hydrogen-bond donors (Lipinski definition) is 2. The zero-order valence-corrected chi connectivity index (χ0v) is 10.0. The maximum absolute atomic E-state index is 11.2. The molecular weight excluding hydrogens is 218 g/mol. The molecule has 0 saturated carbocycles. The van der Waals surface area contributed by atoms with Crippen LogP contribution in [0.3, 0.4) is 0 Å². The van der Waals surface area contributed by atoms with Crippen LogP contribution in [0.2, 0.25) is 0 Å². The smallest absolute Gasteiger partial charge is 0.225 e. The minimum Gasteiger partial charge on any atom is -0.304 e. The molecule has 0 aromatic carbocycles. The minimum absolute atomic E-state index is 0.0442. The number of nitrogens with one attached hydrogen (secondary N) is 2. The third-order valence-corrected chi connectivity index (χ3v) is 3.71. The van der Waals surface area contributed by atoms with E-state index in [0.717, 1.165) is 12.2 Å². The molecule has 1 atom stereocenters. The number of amidine groups is 1. The maximum Gasteiger partial charge on any atom is 0.225 e. The molecule has 0 aromatic heterocycles. The first-order valence-electron chi connectivity index (χ1n) is 4.67. The van der Waals surface area contributed by atoms with Gasteiger partial charge in [0.25, 0.3) is 0 Å². The van der Waals surface area contributed by atoms with E-state index in [1.165, 1.54) is 0 Å². The Labute approximate surface area is 92.7 Å². The summed E-state index contributed by atoms with van der Waals surface area (Å²) in [6.45, 7) is 4.08. The summed E-state index contributed by atoms with van der Waals surface area (Å²) in [5, 5.41) is 7.49. The van der Waals surface area contributed by atoms with Crippen molar-refractivity contribution >= 4 is 34.6 Å². The van der Waals surface area contributed by atoms with Gasteiger partial charge in [-0.15, -0.1) is 11.8 Å². The highest BCUT2D eigenvalue weighted by atomic mass is 32.2. The average molecular weight is 233 g/mol. The molecule has 1 rings (SSSR count). The fraction of sp³-hybridized carbons (Fsp3) is 0.750. The van der Waals surface area contributed by atoms with Crippen LogP contribution in [-0.2, 0) is 4.79 Å². The van der Waals surface area contributed by atoms with E-state index in [9.17, 15) is 4.79 Å². The second kappa shape index (κ2) is 6.19. The number of hydrogen-bond acceptors (Lipinski definition) is 5. The molecule has 0 spiro atoms. The van der Waals surface area contributed by atoms with E-state index in [-0.39, 0.29) is 10.6 Å². The van der Waals surface area contributed by atoms with Gasteiger partial charge in [0.05, 0.1) is 0 Å². The summed E-state index contributed by atoms with van der Waals surface area (Å²) in [5.74, 6) is 1.08. The normalized spacial score (nSPS) is 20.1. The van der Waals surface area contributed by atoms with Crippen molar-refractivity contribution in [2.45, 2.75) is 31.4 Å². The van der Waals surface area contributed by atoms with Crippen molar-refractivity contribution < 1.29 is 4.79 Å². The fourth-order valence-electron chi connectivity index (χ4n) is 0.954. The van der Waals surface area contributed by atoms with Crippen molar-refractivity contribution in [1.29, 1.82) is 0 Å². The molecule has 14 heavy (non-hydrogen) atoms. The van der Waals surface area contributed by atoms with E-state index in [0.29, 0.717) is 11.6 Å². The van der Waals surface area contributed by atoms with Crippen molar-refractivity contribution in [1.82, 2.24) is 10.7 Å². The van der Waals surface area contributed by atoms with Crippen molar-refractivity contribution in [2.24, 2.45) is 5.10 Å². The standard InChI is InChI=1S/C8H15N3OS2/c1-3-5-6(12)9-7-10-11-8(14-7)13-4-2/h8,11H,3-5H2,1-2H3,(H,9,10,12). The number of carbonyl (C=O) groups is 1. The molecule has 1 amide bonds. The number of thioether (sulfide) groups is 2. The third-order valence-electron chi connectivity index (χ3n) is 1.53. The lowest BCUT2D eigenvalue weighted by molar-refractivity contribution is -0.119. The van der Waals surface area contributed by atoms with Crippen LogP contribution >= 0.6 is 23.5 Å². The molecule has 4 nitrogen and oxygen atoms in total. The third kappa shape index (κ3) is 3.79. The molecule has 1 unspecified atom stereocenters. The molecule has 0 aliphatic carbocycles. The van der Waals surface area contributed by atoms with E-state index in [1.807, 2.05) is 6.92 Å². The fourth-order valence-corrected chi connectivity index (χ4v) is 2.92. The topological polar surface area (TPSA) is 53.5 Å². The Morgan fingerprint density at radius 3 is 3.14 bits per heavy atom. The van der Waals surface area contributed by atoms with Gasteiger partial charge in [-0.05, 0) is 23.9 Å². The van der Waals surface area contributed by atoms with Gasteiger partial charge in [0.1, 0.15) is 4.71 Å². The highest BCUT2D eigenvalue weighted by molar-refractivity contribution is 8.25. The molecule has 6 heteroatoms. The predicted molar refractivity (Wildman–Crippen MR) is 63.1 cm³/mol. The Morgan fingerprint density at radius 2 is 2.50 bits per heavy atom. The number of rotatable bonds is 4. The quantitative estimate of drug-likeness (QED) is 0.773. The van der Waals surface area contributed by atoms with Gasteiger partial charge in [-0.3, -0.25) is 10.2 Å². The number of nitrogens with zero attached hydrogens (tertiary/aromatic N) is 1. The SMILES string of the molecule is CCCC(=O)NC1=NNC(SCC)S1. The molecule has 1 heterocycles. The van der Waals surface area contributed by atoms with Gasteiger partial charge < -0.3 is 5.32 Å². The van der Waals surface area contributed by atoms with Crippen LogP contribution < -0.4 is 10.7 Å². The molecule has 2 N–H and O–H groups in total. The molecule has 0 radical (unpaired) electrons. The Balaban J connectivity index is 2.24. The second-order valence-electron chi connectivity index (χ2n) is 2.75. The van der Waals surface area contributed by atoms with Crippen LogP contribution in [0.15, 0.2) is 5.10 Å². The van der Waals surface area contributed by atoms with Gasteiger partial charge in [0.2, 0.25) is 5.91 Å². The summed E-state index contributed by atoms with van der Waals surface area (Å²) in [6, 6.07) is 0. The average Bonchev–Trinajstić information content (AvgIpc) is 2.53. The van der Waals surface area contributed by atoms with Gasteiger partial charge >= 0.3 is 0 Å². The van der Waals surface area contributed by atoms with Gasteiger partial charge in [-0.2, -0.15) is 5.10 Å². The van der Waals surface area contributed by atoms with Crippen molar-refractivity contribution in [3.63, 3.8) is 0 Å². The lowest BCUT2D eigenvalue weighted by Gasteiger charge is -2.05. The Kier molecular flexibility index (Phi) is 5.17. The van der Waals surface area contributed by atoms with E-state index in [1.54, 1.807) is 23.5 Å². The molecule has 0 bridgehead atoms. The highest BCUT2D eigenvalue weighted by Gasteiger charge is 2.19. The largest absolute Gasteiger partial charge is 0.304 e. The summed E-state index contributed by atoms with van der Waals surface area (Å²) < 4.78 is 0.247. The van der Waals surface area contributed by atoms with E-state index >= 15 is 0 Å². The first-order chi connectivity index (χ1) is 6.76. The Morgan fingerprint density at radius 1 is 1.71 bits per heavy atom. The molecule has 0 aromatic rings. The lowest BCUT2D eigenvalue weighted by atomic mass is 10.3. The van der Waals surface area contributed by atoms with Crippen molar-refractivity contribution in [3.8, 4) is 0 Å². The number of hydrazone groups is 1. The Hall–Kier alpha value is -0.360. The number of amides is 1. The second-order valence-corrected chi connectivity index (χ2v) is 5.52. The van der Waals surface area contributed by atoms with Crippen LogP contribution in [-0.4, -0.2) is 21.5 Å². The summed E-state index contributed by atoms with van der Waals surface area (Å²) >= 11 is 3.33. The molecule has 0 saturated heterocycles. The molecule has 1 aliphatic rings. The van der Waals surface area contributed by atoms with Gasteiger partial charge in [-0.25, -0.2) is 0 Å². The first kappa shape index (κ1) is 11.7. The van der Waals surface area contributed by atoms with E-state index in [4.69, 9.17) is 0 Å². The van der Waals surface area contributed by atoms with Gasteiger partial charge in [0, 0.05) is 6.42 Å². The van der Waals surface area contributed by atoms with Crippen LogP contribution in [0.5, 0.6) is 0 Å². The van der Waals surface area contributed by atoms with Crippen LogP contribution in [0.4, 0.5) is 0 Å². The lowest BCUT2D eigenvalue weighted by Crippen LogP contribution is -2.27. The first-order valence-corrected chi connectivity index (χ1v) is 6.60. The maximum atomic E-state index is 11.2. The van der Waals surface area contributed by atoms with Crippen LogP contribution in [0.25, 0.3) is 0 Å². The molecule has 0 fully saturated rings. The molecule has 1 aliphatic heterocycles. The Bertz CT molecular complexity index is 233. The van der Waals surface area contributed by atoms with Gasteiger partial charge in [0.15, 0.2) is 5.17 Å². The van der Waals surface area contributed by atoms with Crippen molar-refractivity contribution in [3.05, 3.63) is 0 Å². The monoisotopic (exact) mass is 233 g/mol. The summed E-state index contributed by atoms with van der Waals surface area (Å²) in [7, 11) is 0. The van der Waals surface area contributed by atoms with E-state index in [2.05, 4.69) is 22.8 Å². The van der Waals surface area contributed by atoms with Crippen LogP contribution in [0.1, 0.15) is 26.7 Å². The summed E-state index contributed by atoms with van der Waals surface area (Å²) in [6.07, 6.45) is 1.43. The zero-order chi connectivity index (χ0) is 10.4. The number of carbonyl (C=O) groups excluding carboxylic acids is 1. The summed E-state index contributed by atoms with van der Waals surface area (Å²) in [5.41, 5.74) is 2.95. The summed E-state index contributed by atoms with van der Waals surface area (Å²) in [4.78, 5) is 11.2. The van der Waals surface area contributed by atoms with E-state index < -0.39 is 0 Å². The predicted octanol–water partition coefficient (Wildman–Crippen LogP) is 1.55. The van der Waals surface area contributed by atoms with Gasteiger partial charge in [-0.1, -0.05) is 13.8 Å². The van der Waals surface area contributed by atoms with Crippen molar-refractivity contribution in [2.75, 3.05) is 5.75 Å². The molecular formula is C8H15N3OS2. The zero-order valence-electron chi connectivity index (χ0n) is 8.37. The molecule has 80 valence electrons. The highest BCUT2D eigenvalue weighted by Crippen LogP contribution is 2.25. The van der Waals surface area contributed by atoms with Crippen LogP contribution in [0, 0.1) is 0 Å². The minimum atomic E-state index is 0.0442.